The van der Waals surface area contributed by atoms with Crippen LogP contribution in [0, 0.1) is 57.1 Å². The van der Waals surface area contributed by atoms with Gasteiger partial charge in [-0.25, -0.2) is 9.18 Å². The molecule has 2 saturated heterocycles. The summed E-state index contributed by atoms with van der Waals surface area (Å²) in [4.78, 5) is 16.5. The lowest BCUT2D eigenvalue weighted by Crippen LogP contribution is -2.69. The van der Waals surface area contributed by atoms with Crippen LogP contribution in [0.15, 0.2) is 30.4 Å². The lowest BCUT2D eigenvalue weighted by Gasteiger charge is -2.73. The van der Waals surface area contributed by atoms with Gasteiger partial charge in [-0.15, -0.1) is 0 Å². The van der Waals surface area contributed by atoms with Gasteiger partial charge in [0.15, 0.2) is 0 Å². The molecule has 9 atom stereocenters. The second-order valence-corrected chi connectivity index (χ2v) is 22.8. The quantitative estimate of drug-likeness (QED) is 0.155. The monoisotopic (exact) mass is 737 g/mol. The zero-order chi connectivity index (χ0) is 37.5. The molecule has 6 aliphatic rings. The molecule has 2 heterocycles. The van der Waals surface area contributed by atoms with Gasteiger partial charge in [0.05, 0.1) is 5.56 Å². The highest BCUT2D eigenvalue weighted by Gasteiger charge is 2.70. The molecule has 0 amide bonds. The Balaban J connectivity index is 1.08. The molecule has 1 aromatic carbocycles. The normalized spacial score (nSPS) is 41.0. The largest absolute Gasteiger partial charge is 0.478 e. The van der Waals surface area contributed by atoms with Gasteiger partial charge < -0.3 is 14.9 Å². The van der Waals surface area contributed by atoms with Crippen molar-refractivity contribution >= 4 is 27.0 Å². The van der Waals surface area contributed by atoms with E-state index in [1.165, 1.54) is 94.8 Å². The van der Waals surface area contributed by atoms with Crippen LogP contribution in [0.1, 0.15) is 135 Å². The van der Waals surface area contributed by atoms with Crippen LogP contribution < -0.4 is 4.90 Å². The minimum Gasteiger partial charge on any atom is -0.478 e. The van der Waals surface area contributed by atoms with Gasteiger partial charge in [0.25, 0.3) is 0 Å². The fourth-order valence-electron chi connectivity index (χ4n) is 14.7. The first-order chi connectivity index (χ1) is 24.4. The number of unbranched alkanes of at least 4 members (excludes halogenated alkanes) is 2. The Morgan fingerprint density at radius 2 is 1.63 bits per heavy atom. The van der Waals surface area contributed by atoms with Crippen LogP contribution in [-0.2, 0) is 9.52 Å². The highest BCUT2D eigenvalue weighted by atomic mass is 32.2. The summed E-state index contributed by atoms with van der Waals surface area (Å²) in [6.07, 6.45) is 16.9. The summed E-state index contributed by atoms with van der Waals surface area (Å²) in [7, 11) is -1.82. The predicted molar refractivity (Wildman–Crippen MR) is 215 cm³/mol. The molecule has 5 nitrogen and oxygen atoms in total. The molecule has 0 unspecified atom stereocenters. The number of nitrogens with zero attached hydrogens (tertiary/aromatic N) is 2. The Morgan fingerprint density at radius 1 is 0.904 bits per heavy atom. The van der Waals surface area contributed by atoms with Crippen molar-refractivity contribution < 1.29 is 18.5 Å². The molecule has 1 N–H and O–H groups in total. The number of carboxylic acid groups (broad SMARTS) is 1. The van der Waals surface area contributed by atoms with E-state index >= 15 is 0 Å². The average molecular weight is 737 g/mol. The maximum Gasteiger partial charge on any atom is 0.338 e. The Labute approximate surface area is 315 Å². The van der Waals surface area contributed by atoms with Gasteiger partial charge in [-0.1, -0.05) is 45.8 Å². The summed E-state index contributed by atoms with van der Waals surface area (Å²) in [5, 5.41) is 9.44. The van der Waals surface area contributed by atoms with E-state index in [4.69, 9.17) is 0 Å². The van der Waals surface area contributed by atoms with Crippen molar-refractivity contribution in [3.63, 3.8) is 0 Å². The van der Waals surface area contributed by atoms with Crippen molar-refractivity contribution in [3.8, 4) is 0 Å². The van der Waals surface area contributed by atoms with Gasteiger partial charge >= 0.3 is 5.97 Å². The third-order valence-corrected chi connectivity index (χ3v) is 19.5. The minimum atomic E-state index is -1.82. The Kier molecular flexibility index (Phi) is 9.91. The molecule has 7 rings (SSSR count). The van der Waals surface area contributed by atoms with Crippen LogP contribution in [0.2, 0.25) is 0 Å². The molecule has 0 spiro atoms. The Bertz CT molecular complexity index is 1660. The molecule has 290 valence electrons. The zero-order valence-corrected chi connectivity index (χ0v) is 34.2. The number of benzene rings is 1. The van der Waals surface area contributed by atoms with Crippen LogP contribution in [0.5, 0.6) is 0 Å². The number of halogens is 1. The highest BCUT2D eigenvalue weighted by Crippen LogP contribution is 2.77. The van der Waals surface area contributed by atoms with Crippen LogP contribution in [0.25, 0.3) is 0 Å². The van der Waals surface area contributed by atoms with E-state index < -0.39 is 21.3 Å². The molecule has 0 bridgehead atoms. The van der Waals surface area contributed by atoms with Crippen LogP contribution in [0.4, 0.5) is 10.1 Å². The summed E-state index contributed by atoms with van der Waals surface area (Å²) < 4.78 is 27.3. The van der Waals surface area contributed by atoms with Crippen molar-refractivity contribution in [1.29, 1.82) is 0 Å². The summed E-state index contributed by atoms with van der Waals surface area (Å²) in [5.41, 5.74) is 3.08. The van der Waals surface area contributed by atoms with Gasteiger partial charge in [0.1, 0.15) is 5.82 Å². The lowest BCUT2D eigenvalue weighted by atomic mass is 9.33. The van der Waals surface area contributed by atoms with E-state index in [0.717, 1.165) is 61.6 Å². The van der Waals surface area contributed by atoms with Crippen molar-refractivity contribution in [2.45, 2.75) is 131 Å². The second-order valence-electron chi connectivity index (χ2n) is 20.1. The van der Waals surface area contributed by atoms with E-state index in [9.17, 15) is 18.5 Å². The third kappa shape index (κ3) is 6.03. The predicted octanol–water partition coefficient (Wildman–Crippen LogP) is 9.94. The van der Waals surface area contributed by atoms with E-state index in [0.29, 0.717) is 28.6 Å². The molecule has 1 aromatic rings. The number of carboxylic acids is 1. The SMILES string of the molecule is C=C(C)[C@@H]1CC[C@]2(CCCCCN3CCS(=C)(=O)CC3)CC[C@]3(C)[C@H](CC[C@@H]4[C@@]5(C)CCN(c6ccc(C(=O)O)c(F)c6)C(C)(C)[C@@H]5CC[C@]43C)[C@@H]12. The first kappa shape index (κ1) is 38.4. The molecule has 7 heteroatoms. The molecule has 4 aliphatic carbocycles. The first-order valence-electron chi connectivity index (χ1n) is 20.9. The number of rotatable bonds is 9. The zero-order valence-electron chi connectivity index (χ0n) is 33.4. The summed E-state index contributed by atoms with van der Waals surface area (Å²) in [6, 6.07) is 4.72. The molecular formula is C45H69FN2O3S. The summed E-state index contributed by atoms with van der Waals surface area (Å²) >= 11 is 0. The Hall–Kier alpha value is -1.86. The number of hydrogen-bond donors (Lipinski definition) is 1. The average Bonchev–Trinajstić information content (AvgIpc) is 3.45. The fourth-order valence-corrected chi connectivity index (χ4v) is 16.1. The minimum absolute atomic E-state index is 0.162. The fraction of sp³-hybridized carbons (Fsp3) is 0.778. The van der Waals surface area contributed by atoms with Crippen LogP contribution in [0.3, 0.4) is 0 Å². The second kappa shape index (κ2) is 13.4. The van der Waals surface area contributed by atoms with Crippen molar-refractivity contribution in [1.82, 2.24) is 4.90 Å². The van der Waals surface area contributed by atoms with E-state index in [2.05, 4.69) is 63.8 Å². The smallest absolute Gasteiger partial charge is 0.338 e. The van der Waals surface area contributed by atoms with E-state index in [1.807, 2.05) is 6.07 Å². The first-order valence-corrected chi connectivity index (χ1v) is 23.0. The van der Waals surface area contributed by atoms with Crippen molar-refractivity contribution in [2.75, 3.05) is 42.6 Å². The van der Waals surface area contributed by atoms with Crippen LogP contribution in [-0.4, -0.2) is 69.3 Å². The number of fused-ring (bicyclic) bond motifs is 7. The maximum atomic E-state index is 15.0. The van der Waals surface area contributed by atoms with Gasteiger partial charge in [0.2, 0.25) is 0 Å². The van der Waals surface area contributed by atoms with E-state index in [1.54, 1.807) is 0 Å². The van der Waals surface area contributed by atoms with Gasteiger partial charge in [-0.2, -0.15) is 0 Å². The van der Waals surface area contributed by atoms with Crippen molar-refractivity contribution in [3.05, 3.63) is 41.7 Å². The molecule has 2 aliphatic heterocycles. The molecule has 4 saturated carbocycles. The van der Waals surface area contributed by atoms with Crippen LogP contribution >= 0.6 is 0 Å². The molecular weight excluding hydrogens is 668 g/mol. The topological polar surface area (TPSA) is 60.9 Å². The molecule has 0 aromatic heterocycles. The molecule has 52 heavy (non-hydrogen) atoms. The van der Waals surface area contributed by atoms with Gasteiger partial charge in [-0.05, 0) is 183 Å². The number of carbonyl (C=O) groups is 1. The number of hydrogen-bond acceptors (Lipinski definition) is 4. The summed E-state index contributed by atoms with van der Waals surface area (Å²) in [5.74, 6) is 6.93. The molecule has 0 radical (unpaired) electrons. The maximum absolute atomic E-state index is 15.0. The van der Waals surface area contributed by atoms with E-state index in [-0.39, 0.29) is 21.9 Å². The van der Waals surface area contributed by atoms with Gasteiger partial charge in [-0.3, -0.25) is 4.21 Å². The van der Waals surface area contributed by atoms with Crippen molar-refractivity contribution in [2.24, 2.45) is 51.2 Å². The summed E-state index contributed by atoms with van der Waals surface area (Å²) in [6.45, 7) is 23.7. The van der Waals surface area contributed by atoms with Gasteiger partial charge in [0, 0.05) is 42.4 Å². The third-order valence-electron chi connectivity index (χ3n) is 17.6. The molecule has 6 fully saturated rings. The number of aromatic carboxylic acids is 1. The number of anilines is 1. The number of piperidine rings is 1. The standard InChI is InChI=1S/C45H69FN2O3S/c1-31(2)33-16-20-45(18-10-9-11-24-47-26-28-52(8,51)29-27-47)22-21-43(6)35(39(33)45)14-15-38-42(5)23-25-48(32-12-13-34(40(49)50)36(46)30-32)41(3,4)37(42)17-19-44(38,43)7/h12-13,30,33,35,37-39H,1,8-11,14-29H2,2-7H3,(H,49,50)/t33-,35+,37-,38+,39+,42-,43+,44+,45+/m0/s1. The Morgan fingerprint density at radius 3 is 2.31 bits per heavy atom. The lowest BCUT2D eigenvalue weighted by molar-refractivity contribution is -0.228. The number of allylic oxidation sites excluding steroid dienone is 1. The highest BCUT2D eigenvalue weighted by molar-refractivity contribution is 8.00.